The molecule has 1 amide bonds. The molecule has 6 nitrogen and oxygen atoms in total. The van der Waals surface area contributed by atoms with Gasteiger partial charge in [-0.05, 0) is 49.9 Å². The Morgan fingerprint density at radius 3 is 2.86 bits per heavy atom. The van der Waals surface area contributed by atoms with Crippen LogP contribution in [0.5, 0.6) is 0 Å². The lowest BCUT2D eigenvalue weighted by Crippen LogP contribution is -2.37. The number of halogens is 1. The van der Waals surface area contributed by atoms with Crippen molar-refractivity contribution in [1.82, 2.24) is 15.3 Å². The van der Waals surface area contributed by atoms with E-state index in [0.717, 1.165) is 50.3 Å². The topological polar surface area (TPSA) is 67.4 Å². The maximum atomic E-state index is 14.0. The minimum atomic E-state index is -0.486. The van der Waals surface area contributed by atoms with E-state index < -0.39 is 5.82 Å². The van der Waals surface area contributed by atoms with E-state index >= 15 is 0 Å². The van der Waals surface area contributed by atoms with Crippen LogP contribution in [0, 0.1) is 12.7 Å². The second-order valence-electron chi connectivity index (χ2n) is 7.56. The maximum absolute atomic E-state index is 14.0. The summed E-state index contributed by atoms with van der Waals surface area (Å²) in [5, 5.41) is 2.94. The molecular formula is C21H25FN4O2. The Morgan fingerprint density at radius 2 is 2.07 bits per heavy atom. The number of hydrogen-bond acceptors (Lipinski definition) is 5. The summed E-state index contributed by atoms with van der Waals surface area (Å²) in [5.41, 5.74) is 1.94. The standard InChI is InChI=1S/C21H25FN4O2/c1-14-2-3-17(18(22)12-14)20(27)24-16-5-9-26(13-16)21-23-8-4-19(25-21)15-6-10-28-11-7-15/h2-4,8,12,15-16H,5-7,9-11,13H2,1H3,(H,24,27). The van der Waals surface area contributed by atoms with Crippen LogP contribution in [-0.4, -0.2) is 48.2 Å². The third-order valence-electron chi connectivity index (χ3n) is 5.48. The first kappa shape index (κ1) is 18.8. The molecule has 28 heavy (non-hydrogen) atoms. The summed E-state index contributed by atoms with van der Waals surface area (Å²) >= 11 is 0. The van der Waals surface area contributed by atoms with E-state index in [9.17, 15) is 9.18 Å². The minimum Gasteiger partial charge on any atom is -0.381 e. The Balaban J connectivity index is 1.39. The SMILES string of the molecule is Cc1ccc(C(=O)NC2CCN(c3nccc(C4CCOCC4)n3)C2)c(F)c1. The first-order chi connectivity index (χ1) is 13.6. The van der Waals surface area contributed by atoms with Gasteiger partial charge in [0.15, 0.2) is 0 Å². The van der Waals surface area contributed by atoms with Gasteiger partial charge in [0.2, 0.25) is 5.95 Å². The molecule has 1 unspecified atom stereocenters. The largest absolute Gasteiger partial charge is 0.381 e. The van der Waals surface area contributed by atoms with Gasteiger partial charge in [-0.15, -0.1) is 0 Å². The number of hydrogen-bond donors (Lipinski definition) is 1. The molecule has 0 radical (unpaired) electrons. The van der Waals surface area contributed by atoms with Gasteiger partial charge >= 0.3 is 0 Å². The number of aryl methyl sites for hydroxylation is 1. The molecule has 7 heteroatoms. The second kappa shape index (κ2) is 8.22. The summed E-state index contributed by atoms with van der Waals surface area (Å²) in [6.07, 6.45) is 4.55. The van der Waals surface area contributed by atoms with Gasteiger partial charge in [0.1, 0.15) is 5.82 Å². The lowest BCUT2D eigenvalue weighted by molar-refractivity contribution is 0.0845. The van der Waals surface area contributed by atoms with E-state index in [-0.39, 0.29) is 17.5 Å². The van der Waals surface area contributed by atoms with Crippen molar-refractivity contribution >= 4 is 11.9 Å². The number of benzene rings is 1. The third kappa shape index (κ3) is 4.14. The van der Waals surface area contributed by atoms with Gasteiger partial charge in [-0.1, -0.05) is 6.07 Å². The number of nitrogens with zero attached hydrogens (tertiary/aromatic N) is 3. The molecular weight excluding hydrogens is 359 g/mol. The van der Waals surface area contributed by atoms with E-state index in [2.05, 4.69) is 15.2 Å². The summed E-state index contributed by atoms with van der Waals surface area (Å²) in [4.78, 5) is 23.7. The van der Waals surface area contributed by atoms with Gasteiger partial charge in [0.25, 0.3) is 5.91 Å². The molecule has 4 rings (SSSR count). The van der Waals surface area contributed by atoms with Crippen molar-refractivity contribution in [3.63, 3.8) is 0 Å². The van der Waals surface area contributed by atoms with E-state index in [1.165, 1.54) is 12.1 Å². The molecule has 1 aromatic carbocycles. The van der Waals surface area contributed by atoms with Crippen LogP contribution in [0.2, 0.25) is 0 Å². The number of carbonyl (C=O) groups excluding carboxylic acids is 1. The zero-order valence-corrected chi connectivity index (χ0v) is 16.0. The quantitative estimate of drug-likeness (QED) is 0.878. The van der Waals surface area contributed by atoms with Crippen LogP contribution in [0.1, 0.15) is 46.8 Å². The molecule has 1 aromatic heterocycles. The first-order valence-corrected chi connectivity index (χ1v) is 9.83. The summed E-state index contributed by atoms with van der Waals surface area (Å²) in [6.45, 7) is 4.73. The second-order valence-corrected chi connectivity index (χ2v) is 7.56. The Morgan fingerprint density at radius 1 is 1.25 bits per heavy atom. The zero-order chi connectivity index (χ0) is 19.5. The molecule has 1 atom stereocenters. The van der Waals surface area contributed by atoms with Crippen molar-refractivity contribution < 1.29 is 13.9 Å². The molecule has 1 N–H and O–H groups in total. The number of amides is 1. The molecule has 2 aliphatic heterocycles. The maximum Gasteiger partial charge on any atom is 0.254 e. The average molecular weight is 384 g/mol. The molecule has 2 aliphatic rings. The predicted molar refractivity (Wildman–Crippen MR) is 104 cm³/mol. The van der Waals surface area contributed by atoms with E-state index in [1.54, 1.807) is 19.2 Å². The molecule has 2 saturated heterocycles. The van der Waals surface area contributed by atoms with E-state index in [4.69, 9.17) is 9.72 Å². The number of carbonyl (C=O) groups is 1. The molecule has 2 aromatic rings. The third-order valence-corrected chi connectivity index (χ3v) is 5.48. The van der Waals surface area contributed by atoms with Crippen LogP contribution >= 0.6 is 0 Å². The Bertz CT molecular complexity index is 854. The van der Waals surface area contributed by atoms with Crippen LogP contribution in [0.15, 0.2) is 30.5 Å². The van der Waals surface area contributed by atoms with Crippen molar-refractivity contribution in [2.45, 2.75) is 38.1 Å². The van der Waals surface area contributed by atoms with Crippen LogP contribution in [0.25, 0.3) is 0 Å². The van der Waals surface area contributed by atoms with E-state index in [0.29, 0.717) is 18.4 Å². The highest BCUT2D eigenvalue weighted by Gasteiger charge is 2.27. The van der Waals surface area contributed by atoms with Gasteiger partial charge in [-0.25, -0.2) is 14.4 Å². The van der Waals surface area contributed by atoms with Crippen LogP contribution in [-0.2, 0) is 4.74 Å². The Labute approximate surface area is 164 Å². The summed E-state index contributed by atoms with van der Waals surface area (Å²) in [7, 11) is 0. The Hall–Kier alpha value is -2.54. The van der Waals surface area contributed by atoms with Crippen molar-refractivity contribution in [2.24, 2.45) is 0 Å². The summed E-state index contributed by atoms with van der Waals surface area (Å²) in [6, 6.07) is 6.59. The number of nitrogens with one attached hydrogen (secondary N) is 1. The average Bonchev–Trinajstić information content (AvgIpc) is 3.17. The highest BCUT2D eigenvalue weighted by Crippen LogP contribution is 2.27. The smallest absolute Gasteiger partial charge is 0.254 e. The van der Waals surface area contributed by atoms with Gasteiger partial charge in [0.05, 0.1) is 5.56 Å². The molecule has 0 bridgehead atoms. The van der Waals surface area contributed by atoms with Gasteiger partial charge in [0, 0.05) is 50.2 Å². The molecule has 0 aliphatic carbocycles. The van der Waals surface area contributed by atoms with Crippen LogP contribution < -0.4 is 10.2 Å². The molecule has 0 spiro atoms. The Kier molecular flexibility index (Phi) is 5.52. The zero-order valence-electron chi connectivity index (χ0n) is 16.0. The van der Waals surface area contributed by atoms with Gasteiger partial charge in [-0.3, -0.25) is 4.79 Å². The normalized spacial score (nSPS) is 20.4. The van der Waals surface area contributed by atoms with Gasteiger partial charge in [-0.2, -0.15) is 0 Å². The molecule has 2 fully saturated rings. The van der Waals surface area contributed by atoms with Crippen molar-refractivity contribution in [1.29, 1.82) is 0 Å². The van der Waals surface area contributed by atoms with E-state index in [1.807, 2.05) is 6.07 Å². The molecule has 0 saturated carbocycles. The summed E-state index contributed by atoms with van der Waals surface area (Å²) < 4.78 is 19.5. The van der Waals surface area contributed by atoms with Gasteiger partial charge < -0.3 is 15.0 Å². The summed E-state index contributed by atoms with van der Waals surface area (Å²) in [5.74, 6) is 0.251. The van der Waals surface area contributed by atoms with Crippen LogP contribution in [0.3, 0.4) is 0 Å². The predicted octanol–water partition coefficient (Wildman–Crippen LogP) is 2.83. The minimum absolute atomic E-state index is 0.0523. The number of aromatic nitrogens is 2. The fourth-order valence-electron chi connectivity index (χ4n) is 3.86. The first-order valence-electron chi connectivity index (χ1n) is 9.83. The lowest BCUT2D eigenvalue weighted by atomic mass is 9.96. The fourth-order valence-corrected chi connectivity index (χ4v) is 3.86. The monoisotopic (exact) mass is 384 g/mol. The highest BCUT2D eigenvalue weighted by molar-refractivity contribution is 5.94. The molecule has 148 valence electrons. The van der Waals surface area contributed by atoms with Crippen molar-refractivity contribution in [2.75, 3.05) is 31.2 Å². The number of anilines is 1. The number of ether oxygens (including phenoxy) is 1. The fraction of sp³-hybridized carbons (Fsp3) is 0.476. The highest BCUT2D eigenvalue weighted by atomic mass is 19.1. The molecule has 3 heterocycles. The van der Waals surface area contributed by atoms with Crippen molar-refractivity contribution in [3.8, 4) is 0 Å². The van der Waals surface area contributed by atoms with Crippen LogP contribution in [0.4, 0.5) is 10.3 Å². The van der Waals surface area contributed by atoms with Crippen molar-refractivity contribution in [3.05, 3.63) is 53.1 Å². The lowest BCUT2D eigenvalue weighted by Gasteiger charge is -2.23. The number of rotatable bonds is 4.